The van der Waals surface area contributed by atoms with E-state index >= 15 is 0 Å². The molecule has 1 aromatic heterocycles. The third-order valence-corrected chi connectivity index (χ3v) is 4.50. The van der Waals surface area contributed by atoms with E-state index in [-0.39, 0.29) is 22.3 Å². The van der Waals surface area contributed by atoms with Gasteiger partial charge in [-0.15, -0.1) is 0 Å². The van der Waals surface area contributed by atoms with Crippen molar-refractivity contribution in [3.8, 4) is 0 Å². The molecule has 0 aliphatic carbocycles. The molecule has 0 aliphatic heterocycles. The van der Waals surface area contributed by atoms with Crippen molar-refractivity contribution in [3.05, 3.63) is 62.3 Å². The maximum atomic E-state index is 12.5. The highest BCUT2D eigenvalue weighted by atomic mass is 35.5. The number of esters is 1. The molecule has 31 heavy (non-hydrogen) atoms. The molecule has 10 nitrogen and oxygen atoms in total. The first-order valence-corrected chi connectivity index (χ1v) is 9.67. The number of anilines is 1. The molecule has 0 spiro atoms. The first-order valence-electron chi connectivity index (χ1n) is 8.91. The number of nitro groups is 1. The van der Waals surface area contributed by atoms with Gasteiger partial charge in [0.1, 0.15) is 16.9 Å². The number of hydrogen-bond donors (Lipinski definition) is 2. The van der Waals surface area contributed by atoms with Gasteiger partial charge in [-0.05, 0) is 30.2 Å². The van der Waals surface area contributed by atoms with Crippen molar-refractivity contribution in [1.82, 2.24) is 10.3 Å². The van der Waals surface area contributed by atoms with E-state index in [1.807, 2.05) is 0 Å². The Bertz CT molecular complexity index is 997. The molecule has 0 fully saturated rings. The molecule has 0 saturated carbocycles. The van der Waals surface area contributed by atoms with E-state index in [1.54, 1.807) is 13.8 Å². The fourth-order valence-electron chi connectivity index (χ4n) is 2.37. The van der Waals surface area contributed by atoms with Gasteiger partial charge in [-0.3, -0.25) is 19.7 Å². The Morgan fingerprint density at radius 3 is 2.48 bits per heavy atom. The van der Waals surface area contributed by atoms with E-state index < -0.39 is 41.0 Å². The minimum absolute atomic E-state index is 0.0545. The Morgan fingerprint density at radius 2 is 1.90 bits per heavy atom. The van der Waals surface area contributed by atoms with Gasteiger partial charge in [-0.2, -0.15) is 0 Å². The second-order valence-corrected chi connectivity index (χ2v) is 7.48. The number of halogens is 2. The molecule has 0 radical (unpaired) electrons. The molecule has 1 heterocycles. The van der Waals surface area contributed by atoms with Crippen LogP contribution in [0.5, 0.6) is 0 Å². The number of nitrogens with one attached hydrogen (secondary N) is 2. The topological polar surface area (TPSA) is 141 Å². The maximum Gasteiger partial charge on any atom is 0.329 e. The van der Waals surface area contributed by atoms with Gasteiger partial charge in [0.2, 0.25) is 0 Å². The van der Waals surface area contributed by atoms with Gasteiger partial charge in [0.05, 0.1) is 9.95 Å². The average molecular weight is 469 g/mol. The number of pyridine rings is 1. The summed E-state index contributed by atoms with van der Waals surface area (Å²) >= 11 is 11.5. The lowest BCUT2D eigenvalue weighted by Crippen LogP contribution is -2.46. The molecule has 0 aliphatic rings. The van der Waals surface area contributed by atoms with Gasteiger partial charge in [0.15, 0.2) is 6.61 Å². The van der Waals surface area contributed by atoms with Crippen molar-refractivity contribution in [2.24, 2.45) is 5.92 Å². The summed E-state index contributed by atoms with van der Waals surface area (Å²) in [5, 5.41) is 16.2. The van der Waals surface area contributed by atoms with Crippen LogP contribution in [0.15, 0.2) is 36.5 Å². The molecule has 2 amide bonds. The van der Waals surface area contributed by atoms with Crippen LogP contribution >= 0.6 is 23.2 Å². The summed E-state index contributed by atoms with van der Waals surface area (Å²) in [4.78, 5) is 51.0. The first kappa shape index (κ1) is 24.0. The predicted molar refractivity (Wildman–Crippen MR) is 113 cm³/mol. The van der Waals surface area contributed by atoms with Crippen molar-refractivity contribution in [3.63, 3.8) is 0 Å². The van der Waals surface area contributed by atoms with Crippen LogP contribution in [0.3, 0.4) is 0 Å². The lowest BCUT2D eigenvalue weighted by atomic mass is 10.0. The van der Waals surface area contributed by atoms with E-state index in [0.29, 0.717) is 5.02 Å². The van der Waals surface area contributed by atoms with E-state index in [9.17, 15) is 24.5 Å². The molecule has 12 heteroatoms. The number of benzene rings is 1. The van der Waals surface area contributed by atoms with Crippen molar-refractivity contribution < 1.29 is 24.0 Å². The summed E-state index contributed by atoms with van der Waals surface area (Å²) in [5.41, 5.74) is -0.494. The van der Waals surface area contributed by atoms with Crippen LogP contribution in [0, 0.1) is 16.0 Å². The number of rotatable bonds is 8. The number of aromatic nitrogens is 1. The molecule has 0 bridgehead atoms. The number of carbonyl (C=O) groups is 3. The molecule has 0 saturated heterocycles. The zero-order valence-corrected chi connectivity index (χ0v) is 17.9. The molecule has 2 N–H and O–H groups in total. The van der Waals surface area contributed by atoms with E-state index in [0.717, 1.165) is 6.07 Å². The lowest BCUT2D eigenvalue weighted by Gasteiger charge is -2.20. The normalized spacial score (nSPS) is 11.5. The molecule has 1 atom stereocenters. The standard InChI is InChI=1S/C19H18Cl2N4O6/c1-10(2)17(24-18(27)11-3-5-13(21)14(7-11)25(29)30)19(28)31-9-16(26)23-15-6-4-12(20)8-22-15/h3-8,10,17H,9H2,1-2H3,(H,24,27)(H,22,23,26)/t17-/m0/s1. The Balaban J connectivity index is 1.99. The van der Waals surface area contributed by atoms with Crippen molar-refractivity contribution >= 4 is 52.5 Å². The Morgan fingerprint density at radius 1 is 1.19 bits per heavy atom. The van der Waals surface area contributed by atoms with Crippen molar-refractivity contribution in [2.45, 2.75) is 19.9 Å². The largest absolute Gasteiger partial charge is 0.454 e. The maximum absolute atomic E-state index is 12.5. The fraction of sp³-hybridized carbons (Fsp3) is 0.263. The minimum Gasteiger partial charge on any atom is -0.454 e. The minimum atomic E-state index is -1.09. The number of nitrogens with zero attached hydrogens (tertiary/aromatic N) is 2. The number of amides is 2. The molecular formula is C19H18Cl2N4O6. The quantitative estimate of drug-likeness (QED) is 0.344. The van der Waals surface area contributed by atoms with Gasteiger partial charge in [-0.1, -0.05) is 37.0 Å². The monoisotopic (exact) mass is 468 g/mol. The van der Waals surface area contributed by atoms with Gasteiger partial charge >= 0.3 is 5.97 Å². The summed E-state index contributed by atoms with van der Waals surface area (Å²) < 4.78 is 4.99. The second-order valence-electron chi connectivity index (χ2n) is 6.64. The van der Waals surface area contributed by atoms with E-state index in [4.69, 9.17) is 27.9 Å². The number of hydrogen-bond acceptors (Lipinski definition) is 7. The third kappa shape index (κ3) is 6.90. The number of nitro benzene ring substituents is 1. The Kier molecular flexibility index (Phi) is 8.29. The summed E-state index contributed by atoms with van der Waals surface area (Å²) in [6.07, 6.45) is 1.34. The molecule has 0 unspecified atom stereocenters. The Hall–Kier alpha value is -3.24. The molecule has 2 aromatic rings. The van der Waals surface area contributed by atoms with Gasteiger partial charge in [-0.25, -0.2) is 9.78 Å². The first-order chi connectivity index (χ1) is 14.6. The van der Waals surface area contributed by atoms with Crippen LogP contribution in [0.4, 0.5) is 11.5 Å². The van der Waals surface area contributed by atoms with Crippen molar-refractivity contribution in [1.29, 1.82) is 0 Å². The number of carbonyl (C=O) groups excluding carboxylic acids is 3. The molecule has 1 aromatic carbocycles. The van der Waals surface area contributed by atoms with Crippen LogP contribution in [-0.2, 0) is 14.3 Å². The number of ether oxygens (including phenoxy) is 1. The Labute approximate surface area is 187 Å². The van der Waals surface area contributed by atoms with Crippen molar-refractivity contribution in [2.75, 3.05) is 11.9 Å². The highest BCUT2D eigenvalue weighted by Crippen LogP contribution is 2.25. The highest BCUT2D eigenvalue weighted by molar-refractivity contribution is 6.32. The third-order valence-electron chi connectivity index (χ3n) is 3.95. The summed E-state index contributed by atoms with van der Waals surface area (Å²) in [5.74, 6) is -2.37. The highest BCUT2D eigenvalue weighted by Gasteiger charge is 2.27. The van der Waals surface area contributed by atoms with Crippen LogP contribution in [0.2, 0.25) is 10.0 Å². The van der Waals surface area contributed by atoms with Gasteiger partial charge in [0, 0.05) is 17.8 Å². The predicted octanol–water partition coefficient (Wildman–Crippen LogP) is 3.23. The average Bonchev–Trinajstić information content (AvgIpc) is 2.71. The SMILES string of the molecule is CC(C)[C@H](NC(=O)c1ccc(Cl)c([N+](=O)[O-])c1)C(=O)OCC(=O)Nc1ccc(Cl)cn1. The van der Waals surface area contributed by atoms with Crippen LogP contribution < -0.4 is 10.6 Å². The molecular weight excluding hydrogens is 451 g/mol. The van der Waals surface area contributed by atoms with Gasteiger partial charge < -0.3 is 15.4 Å². The van der Waals surface area contributed by atoms with Gasteiger partial charge in [0.25, 0.3) is 17.5 Å². The molecule has 164 valence electrons. The smallest absolute Gasteiger partial charge is 0.329 e. The zero-order chi connectivity index (χ0) is 23.1. The van der Waals surface area contributed by atoms with Crippen LogP contribution in [0.1, 0.15) is 24.2 Å². The fourth-order valence-corrected chi connectivity index (χ4v) is 2.67. The second kappa shape index (κ2) is 10.7. The van der Waals surface area contributed by atoms with E-state index in [1.165, 1.54) is 30.5 Å². The molecule has 2 rings (SSSR count). The zero-order valence-electron chi connectivity index (χ0n) is 16.4. The van der Waals surface area contributed by atoms with Crippen LogP contribution in [-0.4, -0.2) is 40.3 Å². The summed E-state index contributed by atoms with van der Waals surface area (Å²) in [7, 11) is 0. The summed E-state index contributed by atoms with van der Waals surface area (Å²) in [6.45, 7) is 2.72. The van der Waals surface area contributed by atoms with Crippen LogP contribution in [0.25, 0.3) is 0 Å². The summed E-state index contributed by atoms with van der Waals surface area (Å²) in [6, 6.07) is 5.43. The lowest BCUT2D eigenvalue weighted by molar-refractivity contribution is -0.384. The van der Waals surface area contributed by atoms with E-state index in [2.05, 4.69) is 15.6 Å².